The Morgan fingerprint density at radius 2 is 1.90 bits per heavy atom. The zero-order chi connectivity index (χ0) is 28.4. The fourth-order valence-corrected chi connectivity index (χ4v) is 6.07. The van der Waals surface area contributed by atoms with Crippen molar-refractivity contribution in [3.05, 3.63) is 59.7 Å². The minimum absolute atomic E-state index is 0.0511. The topological polar surface area (TPSA) is 119 Å². The second kappa shape index (κ2) is 11.2. The summed E-state index contributed by atoms with van der Waals surface area (Å²) in [6.45, 7) is 7.70. The number of aromatic nitrogens is 3. The Labute approximate surface area is 226 Å². The zero-order valence-corrected chi connectivity index (χ0v) is 23.0. The minimum Gasteiger partial charge on any atom is -0.444 e. The fraction of sp³-hybridized carbons (Fsp3) is 0.462. The Morgan fingerprint density at radius 3 is 2.46 bits per heavy atom. The van der Waals surface area contributed by atoms with Gasteiger partial charge in [-0.05, 0) is 70.4 Å². The molecule has 0 unspecified atom stereocenters. The van der Waals surface area contributed by atoms with E-state index in [-0.39, 0.29) is 38.4 Å². The van der Waals surface area contributed by atoms with Gasteiger partial charge in [0, 0.05) is 19.3 Å². The molecule has 1 aliphatic rings. The van der Waals surface area contributed by atoms with Crippen LogP contribution in [0.4, 0.5) is 19.3 Å². The predicted molar refractivity (Wildman–Crippen MR) is 140 cm³/mol. The average Bonchev–Trinajstić information content (AvgIpc) is 3.37. The second-order valence-electron chi connectivity index (χ2n) is 10.3. The number of hydrogen-bond donors (Lipinski definition) is 0. The van der Waals surface area contributed by atoms with Gasteiger partial charge in [0.1, 0.15) is 5.60 Å². The van der Waals surface area contributed by atoms with Crippen LogP contribution in [0, 0.1) is 6.92 Å². The van der Waals surface area contributed by atoms with Crippen LogP contribution in [0.25, 0.3) is 11.5 Å². The number of ether oxygens (including phenoxy) is 1. The van der Waals surface area contributed by atoms with Gasteiger partial charge >= 0.3 is 12.5 Å². The molecule has 39 heavy (non-hydrogen) atoms. The van der Waals surface area contributed by atoms with E-state index in [9.17, 15) is 22.0 Å². The van der Waals surface area contributed by atoms with Crippen LogP contribution in [0.3, 0.4) is 0 Å². The van der Waals surface area contributed by atoms with E-state index in [0.29, 0.717) is 16.9 Å². The van der Waals surface area contributed by atoms with Crippen molar-refractivity contribution >= 4 is 21.8 Å². The Morgan fingerprint density at radius 1 is 1.18 bits per heavy atom. The van der Waals surface area contributed by atoms with Crippen LogP contribution < -0.4 is 4.31 Å². The number of nitrogens with zero attached hydrogens (tertiary/aromatic N) is 5. The van der Waals surface area contributed by atoms with E-state index in [2.05, 4.69) is 15.2 Å². The number of aryl methyl sites for hydroxylation is 1. The van der Waals surface area contributed by atoms with E-state index >= 15 is 0 Å². The highest BCUT2D eigenvalue weighted by molar-refractivity contribution is 7.93. The Kier molecular flexibility index (Phi) is 8.19. The molecule has 1 aliphatic heterocycles. The summed E-state index contributed by atoms with van der Waals surface area (Å²) in [7, 11) is -3.85. The number of rotatable bonds is 7. The number of alkyl halides is 2. The molecule has 0 bridgehead atoms. The van der Waals surface area contributed by atoms with Crippen molar-refractivity contribution in [3.8, 4) is 11.5 Å². The lowest BCUT2D eigenvalue weighted by atomic mass is 10.1. The lowest BCUT2D eigenvalue weighted by Gasteiger charge is -2.36. The first-order chi connectivity index (χ1) is 18.3. The van der Waals surface area contributed by atoms with Crippen molar-refractivity contribution in [1.29, 1.82) is 0 Å². The second-order valence-corrected chi connectivity index (χ2v) is 12.5. The highest BCUT2D eigenvalue weighted by atomic mass is 32.2. The molecule has 0 radical (unpaired) electrons. The summed E-state index contributed by atoms with van der Waals surface area (Å²) in [5, 5.41) is 6.22. The molecule has 3 aromatic rings. The third kappa shape index (κ3) is 6.88. The summed E-state index contributed by atoms with van der Waals surface area (Å²) in [5.74, 6) is -0.896. The number of carbonyl (C=O) groups is 1. The fourth-order valence-electron chi connectivity index (χ4n) is 4.19. The summed E-state index contributed by atoms with van der Waals surface area (Å²) >= 11 is 0. The summed E-state index contributed by atoms with van der Waals surface area (Å²) < 4.78 is 65.1. The third-order valence-corrected chi connectivity index (χ3v) is 8.38. The smallest absolute Gasteiger partial charge is 0.410 e. The molecule has 13 heteroatoms. The first-order valence-corrected chi connectivity index (χ1v) is 14.0. The van der Waals surface area contributed by atoms with Gasteiger partial charge in [0.25, 0.3) is 5.89 Å². The molecule has 210 valence electrons. The monoisotopic (exact) mass is 563 g/mol. The molecule has 0 saturated carbocycles. The van der Waals surface area contributed by atoms with Crippen LogP contribution in [0.1, 0.15) is 57.2 Å². The number of benzene rings is 1. The van der Waals surface area contributed by atoms with E-state index in [1.54, 1.807) is 51.1 Å². The van der Waals surface area contributed by atoms with Crippen molar-refractivity contribution in [2.75, 3.05) is 17.4 Å². The molecule has 1 amide bonds. The van der Waals surface area contributed by atoms with Gasteiger partial charge in [-0.3, -0.25) is 9.29 Å². The van der Waals surface area contributed by atoms with E-state index in [1.165, 1.54) is 15.4 Å². The van der Waals surface area contributed by atoms with Crippen LogP contribution in [-0.4, -0.2) is 58.5 Å². The van der Waals surface area contributed by atoms with Gasteiger partial charge in [-0.15, -0.1) is 10.2 Å². The van der Waals surface area contributed by atoms with E-state index in [0.717, 1.165) is 5.56 Å². The Hall–Kier alpha value is -3.61. The first kappa shape index (κ1) is 28.4. The normalized spacial score (nSPS) is 15.0. The SMILES string of the molecule is Cc1cccc(N(Cc2ccc(-c3nnc(C(F)F)o3)cn2)S(=O)(=O)C2CCN(C(=O)OC(C)(C)C)CC2)c1. The van der Waals surface area contributed by atoms with Crippen LogP contribution in [0.15, 0.2) is 47.0 Å². The van der Waals surface area contributed by atoms with Crippen molar-refractivity contribution in [2.24, 2.45) is 0 Å². The van der Waals surface area contributed by atoms with E-state index < -0.39 is 39.3 Å². The van der Waals surface area contributed by atoms with Crippen molar-refractivity contribution in [1.82, 2.24) is 20.1 Å². The maximum Gasteiger partial charge on any atom is 0.410 e. The van der Waals surface area contributed by atoms with Crippen molar-refractivity contribution < 1.29 is 31.1 Å². The number of carbonyl (C=O) groups excluding carboxylic acids is 1. The van der Waals surface area contributed by atoms with Gasteiger partial charge < -0.3 is 14.1 Å². The molecular formula is C26H31F2N5O5S. The van der Waals surface area contributed by atoms with E-state index in [1.807, 2.05) is 13.0 Å². The molecule has 0 atom stereocenters. The first-order valence-electron chi connectivity index (χ1n) is 12.5. The molecule has 2 aromatic heterocycles. The van der Waals surface area contributed by atoms with Gasteiger partial charge in [-0.1, -0.05) is 12.1 Å². The third-order valence-electron chi connectivity index (χ3n) is 6.12. The number of anilines is 1. The predicted octanol–water partition coefficient (Wildman–Crippen LogP) is 5.11. The van der Waals surface area contributed by atoms with Crippen LogP contribution in [-0.2, 0) is 21.3 Å². The maximum absolute atomic E-state index is 13.9. The summed E-state index contributed by atoms with van der Waals surface area (Å²) in [4.78, 5) is 18.3. The summed E-state index contributed by atoms with van der Waals surface area (Å²) in [5.41, 5.74) is 1.51. The molecular weight excluding hydrogens is 532 g/mol. The molecule has 0 spiro atoms. The van der Waals surface area contributed by atoms with Gasteiger partial charge in [0.15, 0.2) is 0 Å². The largest absolute Gasteiger partial charge is 0.444 e. The van der Waals surface area contributed by atoms with Crippen molar-refractivity contribution in [2.45, 2.75) is 64.4 Å². The number of hydrogen-bond acceptors (Lipinski definition) is 8. The number of sulfonamides is 1. The Bertz CT molecular complexity index is 1400. The highest BCUT2D eigenvalue weighted by Gasteiger charge is 2.37. The number of amides is 1. The lowest BCUT2D eigenvalue weighted by Crippen LogP contribution is -2.48. The van der Waals surface area contributed by atoms with Crippen LogP contribution in [0.5, 0.6) is 0 Å². The highest BCUT2D eigenvalue weighted by Crippen LogP contribution is 2.30. The number of halogens is 2. The van der Waals surface area contributed by atoms with Gasteiger partial charge in [0.05, 0.1) is 28.7 Å². The van der Waals surface area contributed by atoms with E-state index in [4.69, 9.17) is 9.15 Å². The van der Waals surface area contributed by atoms with Crippen LogP contribution in [0.2, 0.25) is 0 Å². The minimum atomic E-state index is -3.85. The standard InChI is InChI=1S/C26H31F2N5O5S/c1-17-6-5-7-20(14-17)33(16-19-9-8-18(15-29-19)23-30-31-24(37-23)22(27)28)39(35,36)21-10-12-32(13-11-21)25(34)38-26(2,3)4/h5-9,14-15,21-22H,10-13,16H2,1-4H3. The number of pyridine rings is 1. The molecule has 0 N–H and O–H groups in total. The summed E-state index contributed by atoms with van der Waals surface area (Å²) in [6.07, 6.45) is -1.44. The summed E-state index contributed by atoms with van der Waals surface area (Å²) in [6, 6.07) is 10.3. The average molecular weight is 564 g/mol. The molecule has 10 nitrogen and oxygen atoms in total. The van der Waals surface area contributed by atoms with Crippen molar-refractivity contribution in [3.63, 3.8) is 0 Å². The molecule has 1 fully saturated rings. The van der Waals surface area contributed by atoms with Gasteiger partial charge in [-0.2, -0.15) is 8.78 Å². The Balaban J connectivity index is 1.54. The quantitative estimate of drug-likeness (QED) is 0.389. The molecule has 1 aromatic carbocycles. The zero-order valence-electron chi connectivity index (χ0n) is 22.2. The molecule has 3 heterocycles. The maximum atomic E-state index is 13.9. The number of piperidine rings is 1. The van der Waals surface area contributed by atoms with Gasteiger partial charge in [-0.25, -0.2) is 13.2 Å². The van der Waals surface area contributed by atoms with Crippen LogP contribution >= 0.6 is 0 Å². The molecule has 4 rings (SSSR count). The lowest BCUT2D eigenvalue weighted by molar-refractivity contribution is 0.0217. The molecule has 1 saturated heterocycles. The molecule has 0 aliphatic carbocycles. The number of likely N-dealkylation sites (tertiary alicyclic amines) is 1. The van der Waals surface area contributed by atoms with Gasteiger partial charge in [0.2, 0.25) is 15.9 Å².